The highest BCUT2D eigenvalue weighted by Gasteiger charge is 2.28. The second kappa shape index (κ2) is 2.20. The summed E-state index contributed by atoms with van der Waals surface area (Å²) in [6.07, 6.45) is 0. The average Bonchev–Trinajstić information content (AvgIpc) is 2.29. The first-order chi connectivity index (χ1) is 5.20. The van der Waals surface area contributed by atoms with Crippen molar-refractivity contribution in [2.24, 2.45) is 0 Å². The van der Waals surface area contributed by atoms with E-state index in [1.165, 1.54) is 0 Å². The van der Waals surface area contributed by atoms with Crippen LogP contribution in [-0.2, 0) is 15.7 Å². The Balaban J connectivity index is 2.65. The first-order valence-electron chi connectivity index (χ1n) is 3.51. The third kappa shape index (κ3) is 1.03. The molecule has 1 aromatic rings. The van der Waals surface area contributed by atoms with Gasteiger partial charge in [-0.15, -0.1) is 0 Å². The van der Waals surface area contributed by atoms with E-state index < -0.39 is 7.37 Å². The van der Waals surface area contributed by atoms with E-state index in [0.29, 0.717) is 6.61 Å². The Hall–Kier alpha value is -0.590. The molecule has 58 valence electrons. The van der Waals surface area contributed by atoms with Gasteiger partial charge in [0.25, 0.3) is 0 Å². The molecule has 1 aromatic carbocycles. The zero-order chi connectivity index (χ0) is 7.90. The summed E-state index contributed by atoms with van der Waals surface area (Å²) in [6, 6.07) is 7.67. The Labute approximate surface area is 65.6 Å². The Kier molecular flexibility index (Phi) is 1.41. The largest absolute Gasteiger partial charge is 0.321 e. The van der Waals surface area contributed by atoms with Crippen LogP contribution in [0.15, 0.2) is 24.3 Å². The van der Waals surface area contributed by atoms with Crippen LogP contribution in [0, 0.1) is 0 Å². The summed E-state index contributed by atoms with van der Waals surface area (Å²) in [6.45, 7) is 2.17. The number of fused-ring (bicyclic) bond motifs is 1. The van der Waals surface area contributed by atoms with Gasteiger partial charge >= 0.3 is 0 Å². The standard InChI is InChI=1S/C8H9O2P/c1-11(9)8-5-3-2-4-7(8)6-10-11/h2-5H,6H2,1H3. The van der Waals surface area contributed by atoms with E-state index in [-0.39, 0.29) is 0 Å². The van der Waals surface area contributed by atoms with Gasteiger partial charge in [-0.25, -0.2) is 0 Å². The van der Waals surface area contributed by atoms with Crippen LogP contribution in [0.25, 0.3) is 0 Å². The van der Waals surface area contributed by atoms with Crippen LogP contribution >= 0.6 is 7.37 Å². The molecule has 0 fully saturated rings. The number of benzene rings is 1. The third-order valence-electron chi connectivity index (χ3n) is 1.90. The second-order valence-electron chi connectivity index (χ2n) is 2.75. The van der Waals surface area contributed by atoms with E-state index in [0.717, 1.165) is 10.9 Å². The van der Waals surface area contributed by atoms with Crippen LogP contribution < -0.4 is 5.30 Å². The lowest BCUT2D eigenvalue weighted by atomic mass is 10.2. The van der Waals surface area contributed by atoms with Gasteiger partial charge < -0.3 is 4.52 Å². The van der Waals surface area contributed by atoms with Gasteiger partial charge in [-0.05, 0) is 11.6 Å². The molecule has 1 heterocycles. The predicted molar refractivity (Wildman–Crippen MR) is 44.4 cm³/mol. The van der Waals surface area contributed by atoms with Gasteiger partial charge in [0, 0.05) is 12.0 Å². The van der Waals surface area contributed by atoms with Crippen LogP contribution in [-0.4, -0.2) is 6.66 Å². The molecule has 1 atom stereocenters. The lowest BCUT2D eigenvalue weighted by Gasteiger charge is -2.02. The minimum absolute atomic E-state index is 0.504. The topological polar surface area (TPSA) is 26.3 Å². The first kappa shape index (κ1) is 7.08. The zero-order valence-electron chi connectivity index (χ0n) is 6.28. The second-order valence-corrected chi connectivity index (χ2v) is 5.18. The SMILES string of the molecule is CP1(=O)OCc2ccccc21. The first-order valence-corrected chi connectivity index (χ1v) is 5.58. The minimum atomic E-state index is -2.43. The average molecular weight is 168 g/mol. The quantitative estimate of drug-likeness (QED) is 0.551. The molecule has 0 N–H and O–H groups in total. The molecule has 2 nitrogen and oxygen atoms in total. The Morgan fingerprint density at radius 3 is 2.91 bits per heavy atom. The normalized spacial score (nSPS) is 28.5. The Morgan fingerprint density at radius 1 is 1.45 bits per heavy atom. The van der Waals surface area contributed by atoms with E-state index >= 15 is 0 Å². The number of hydrogen-bond donors (Lipinski definition) is 0. The molecule has 0 saturated carbocycles. The highest BCUT2D eigenvalue weighted by molar-refractivity contribution is 7.66. The van der Waals surface area contributed by atoms with Gasteiger partial charge in [-0.1, -0.05) is 18.2 Å². The maximum absolute atomic E-state index is 11.6. The number of hydrogen-bond acceptors (Lipinski definition) is 2. The maximum Gasteiger partial charge on any atom is 0.229 e. The van der Waals surface area contributed by atoms with E-state index in [2.05, 4.69) is 0 Å². The lowest BCUT2D eigenvalue weighted by molar-refractivity contribution is 0.327. The summed E-state index contributed by atoms with van der Waals surface area (Å²) >= 11 is 0. The van der Waals surface area contributed by atoms with E-state index in [4.69, 9.17) is 4.52 Å². The Bertz CT molecular complexity index is 333. The third-order valence-corrected chi connectivity index (χ3v) is 3.83. The van der Waals surface area contributed by atoms with E-state index in [1.807, 2.05) is 24.3 Å². The molecule has 0 aliphatic carbocycles. The fourth-order valence-electron chi connectivity index (χ4n) is 1.29. The van der Waals surface area contributed by atoms with E-state index in [1.54, 1.807) is 6.66 Å². The van der Waals surface area contributed by atoms with Crippen molar-refractivity contribution in [1.29, 1.82) is 0 Å². The van der Waals surface area contributed by atoms with Crippen LogP contribution in [0.1, 0.15) is 5.56 Å². The molecular formula is C8H9O2P. The minimum Gasteiger partial charge on any atom is -0.321 e. The maximum atomic E-state index is 11.6. The smallest absolute Gasteiger partial charge is 0.229 e. The van der Waals surface area contributed by atoms with Crippen molar-refractivity contribution in [3.05, 3.63) is 29.8 Å². The van der Waals surface area contributed by atoms with Crippen molar-refractivity contribution in [3.63, 3.8) is 0 Å². The summed E-state index contributed by atoms with van der Waals surface area (Å²) in [5.41, 5.74) is 1.07. The summed E-state index contributed by atoms with van der Waals surface area (Å²) in [4.78, 5) is 0. The highest BCUT2D eigenvalue weighted by atomic mass is 31.2. The Morgan fingerprint density at radius 2 is 2.18 bits per heavy atom. The molecule has 0 aromatic heterocycles. The molecule has 3 heteroatoms. The van der Waals surface area contributed by atoms with Crippen molar-refractivity contribution in [1.82, 2.24) is 0 Å². The number of rotatable bonds is 0. The van der Waals surface area contributed by atoms with Gasteiger partial charge in [0.15, 0.2) is 0 Å². The highest BCUT2D eigenvalue weighted by Crippen LogP contribution is 2.47. The van der Waals surface area contributed by atoms with Gasteiger partial charge in [-0.2, -0.15) is 0 Å². The van der Waals surface area contributed by atoms with Crippen LogP contribution in [0.5, 0.6) is 0 Å². The molecule has 0 saturated heterocycles. The molecule has 1 aliphatic rings. The molecule has 2 rings (SSSR count). The molecule has 0 bridgehead atoms. The zero-order valence-corrected chi connectivity index (χ0v) is 7.17. The monoisotopic (exact) mass is 168 g/mol. The molecule has 0 radical (unpaired) electrons. The van der Waals surface area contributed by atoms with Crippen molar-refractivity contribution in [2.75, 3.05) is 6.66 Å². The summed E-state index contributed by atoms with van der Waals surface area (Å²) < 4.78 is 16.8. The molecular weight excluding hydrogens is 159 g/mol. The predicted octanol–water partition coefficient (Wildman–Crippen LogP) is 1.75. The van der Waals surface area contributed by atoms with E-state index in [9.17, 15) is 4.57 Å². The molecule has 11 heavy (non-hydrogen) atoms. The van der Waals surface area contributed by atoms with Gasteiger partial charge in [0.2, 0.25) is 7.37 Å². The van der Waals surface area contributed by atoms with Gasteiger partial charge in [0.05, 0.1) is 6.61 Å². The van der Waals surface area contributed by atoms with Crippen LogP contribution in [0.2, 0.25) is 0 Å². The van der Waals surface area contributed by atoms with Gasteiger partial charge in [-0.3, -0.25) is 4.57 Å². The van der Waals surface area contributed by atoms with Crippen molar-refractivity contribution < 1.29 is 9.09 Å². The van der Waals surface area contributed by atoms with Crippen molar-refractivity contribution in [3.8, 4) is 0 Å². The summed E-state index contributed by atoms with van der Waals surface area (Å²) in [7, 11) is -2.43. The lowest BCUT2D eigenvalue weighted by Crippen LogP contribution is -2.00. The van der Waals surface area contributed by atoms with Crippen LogP contribution in [0.3, 0.4) is 0 Å². The fourth-order valence-corrected chi connectivity index (χ4v) is 2.83. The van der Waals surface area contributed by atoms with Gasteiger partial charge in [0.1, 0.15) is 0 Å². The van der Waals surface area contributed by atoms with Crippen molar-refractivity contribution in [2.45, 2.75) is 6.61 Å². The fraction of sp³-hybridized carbons (Fsp3) is 0.250. The summed E-state index contributed by atoms with van der Waals surface area (Å²) in [5, 5.41) is 0.889. The van der Waals surface area contributed by atoms with Crippen LogP contribution in [0.4, 0.5) is 0 Å². The molecule has 1 unspecified atom stereocenters. The molecule has 1 aliphatic heterocycles. The van der Waals surface area contributed by atoms with Crippen molar-refractivity contribution >= 4 is 12.7 Å². The molecule has 0 spiro atoms. The molecule has 0 amide bonds. The summed E-state index contributed by atoms with van der Waals surface area (Å²) in [5.74, 6) is 0.